The van der Waals surface area contributed by atoms with Crippen molar-refractivity contribution in [3.8, 4) is 0 Å². The number of halogens is 1. The zero-order chi connectivity index (χ0) is 17.1. The predicted molar refractivity (Wildman–Crippen MR) is 96.0 cm³/mol. The lowest BCUT2D eigenvalue weighted by Gasteiger charge is -2.39. The van der Waals surface area contributed by atoms with Crippen LogP contribution in [0.15, 0.2) is 24.3 Å². The molecule has 4 nitrogen and oxygen atoms in total. The summed E-state index contributed by atoms with van der Waals surface area (Å²) in [6.45, 7) is 8.32. The number of likely N-dealkylation sites (tertiary alicyclic amines) is 1. The first-order valence-electron chi connectivity index (χ1n) is 8.93. The molecule has 0 aromatic heterocycles. The van der Waals surface area contributed by atoms with E-state index in [2.05, 4.69) is 11.0 Å². The maximum Gasteiger partial charge on any atom is 0.225 e. The normalized spacial score (nSPS) is 26.5. The van der Waals surface area contributed by atoms with Gasteiger partial charge in [-0.2, -0.15) is 0 Å². The third kappa shape index (κ3) is 4.29. The molecule has 0 radical (unpaired) electrons. The van der Waals surface area contributed by atoms with Crippen LogP contribution in [0, 0.1) is 5.92 Å². The van der Waals surface area contributed by atoms with Crippen LogP contribution < -0.4 is 0 Å². The van der Waals surface area contributed by atoms with E-state index in [1.54, 1.807) is 0 Å². The number of carbonyl (C=O) groups is 1. The second kappa shape index (κ2) is 7.85. The van der Waals surface area contributed by atoms with Gasteiger partial charge in [0.1, 0.15) is 0 Å². The van der Waals surface area contributed by atoms with Gasteiger partial charge in [-0.1, -0.05) is 29.8 Å². The minimum Gasteiger partial charge on any atom is -0.372 e. The Kier molecular flexibility index (Phi) is 5.80. The summed E-state index contributed by atoms with van der Waals surface area (Å²) in [7, 11) is 0. The van der Waals surface area contributed by atoms with Gasteiger partial charge in [0, 0.05) is 30.6 Å². The molecule has 0 saturated carbocycles. The fourth-order valence-corrected chi connectivity index (χ4v) is 4.02. The number of morpholine rings is 1. The predicted octanol–water partition coefficient (Wildman–Crippen LogP) is 3.19. The van der Waals surface area contributed by atoms with Crippen molar-refractivity contribution in [3.63, 3.8) is 0 Å². The molecule has 2 heterocycles. The van der Waals surface area contributed by atoms with E-state index in [9.17, 15) is 4.79 Å². The number of benzene rings is 1. The van der Waals surface area contributed by atoms with Gasteiger partial charge in [0.05, 0.1) is 12.2 Å². The lowest BCUT2D eigenvalue weighted by Crippen LogP contribution is -2.51. The topological polar surface area (TPSA) is 32.8 Å². The highest BCUT2D eigenvalue weighted by molar-refractivity contribution is 6.31. The molecular formula is C19H27ClN2O2. The largest absolute Gasteiger partial charge is 0.372 e. The van der Waals surface area contributed by atoms with Gasteiger partial charge < -0.3 is 9.64 Å². The van der Waals surface area contributed by atoms with Crippen molar-refractivity contribution in [1.29, 1.82) is 0 Å². The van der Waals surface area contributed by atoms with Crippen molar-refractivity contribution in [2.45, 2.75) is 45.4 Å². The van der Waals surface area contributed by atoms with Gasteiger partial charge in [-0.3, -0.25) is 9.69 Å². The smallest absolute Gasteiger partial charge is 0.225 e. The molecular weight excluding hydrogens is 324 g/mol. The molecule has 5 heteroatoms. The molecule has 2 aliphatic rings. The summed E-state index contributed by atoms with van der Waals surface area (Å²) in [5.74, 6) is 0.472. The third-order valence-corrected chi connectivity index (χ3v) is 5.39. The Bertz CT molecular complexity index is 562. The Morgan fingerprint density at radius 2 is 1.79 bits per heavy atom. The highest BCUT2D eigenvalue weighted by atomic mass is 35.5. The summed E-state index contributed by atoms with van der Waals surface area (Å²) in [6.07, 6.45) is 2.14. The monoisotopic (exact) mass is 350 g/mol. The van der Waals surface area contributed by atoms with Gasteiger partial charge in [-0.05, 0) is 51.4 Å². The van der Waals surface area contributed by atoms with Gasteiger partial charge in [0.2, 0.25) is 5.91 Å². The summed E-state index contributed by atoms with van der Waals surface area (Å²) >= 11 is 6.25. The summed E-state index contributed by atoms with van der Waals surface area (Å²) < 4.78 is 5.73. The third-order valence-electron chi connectivity index (χ3n) is 5.02. The molecule has 2 atom stereocenters. The van der Waals surface area contributed by atoms with Crippen LogP contribution in [0.3, 0.4) is 0 Å². The highest BCUT2D eigenvalue weighted by Gasteiger charge is 2.32. The van der Waals surface area contributed by atoms with E-state index < -0.39 is 0 Å². The fourth-order valence-electron chi connectivity index (χ4n) is 3.82. The van der Waals surface area contributed by atoms with Crippen molar-refractivity contribution in [3.05, 3.63) is 34.9 Å². The van der Waals surface area contributed by atoms with Gasteiger partial charge in [-0.25, -0.2) is 0 Å². The molecule has 1 amide bonds. The van der Waals surface area contributed by atoms with Gasteiger partial charge in [0.15, 0.2) is 0 Å². The molecule has 2 aliphatic heterocycles. The molecule has 1 aromatic carbocycles. The number of piperidine rings is 1. The number of nitrogens with zero attached hydrogens (tertiary/aromatic N) is 2. The second-order valence-corrected chi connectivity index (χ2v) is 7.55. The molecule has 24 heavy (non-hydrogen) atoms. The molecule has 0 N–H and O–H groups in total. The van der Waals surface area contributed by atoms with E-state index in [1.807, 2.05) is 36.9 Å². The van der Waals surface area contributed by atoms with Gasteiger partial charge >= 0.3 is 0 Å². The summed E-state index contributed by atoms with van der Waals surface area (Å²) in [6, 6.07) is 8.00. The number of ether oxygens (including phenoxy) is 1. The van der Waals surface area contributed by atoms with Gasteiger partial charge in [0.25, 0.3) is 0 Å². The van der Waals surface area contributed by atoms with Crippen LogP contribution in [0.1, 0.15) is 32.3 Å². The van der Waals surface area contributed by atoms with E-state index >= 15 is 0 Å². The average Bonchev–Trinajstić information content (AvgIpc) is 2.56. The maximum absolute atomic E-state index is 12.8. The Hall–Kier alpha value is -1.10. The molecule has 0 spiro atoms. The van der Waals surface area contributed by atoms with E-state index in [0.717, 1.165) is 50.6 Å². The van der Waals surface area contributed by atoms with E-state index in [-0.39, 0.29) is 18.1 Å². The van der Waals surface area contributed by atoms with Crippen LogP contribution in [0.5, 0.6) is 0 Å². The number of amides is 1. The minimum absolute atomic E-state index is 0.137. The van der Waals surface area contributed by atoms with Crippen molar-refractivity contribution in [2.24, 2.45) is 5.92 Å². The van der Waals surface area contributed by atoms with E-state index in [4.69, 9.17) is 16.3 Å². The van der Waals surface area contributed by atoms with Crippen molar-refractivity contribution < 1.29 is 9.53 Å². The number of hydrogen-bond donors (Lipinski definition) is 0. The van der Waals surface area contributed by atoms with Crippen LogP contribution in [-0.4, -0.2) is 54.1 Å². The van der Waals surface area contributed by atoms with Crippen LogP contribution in [0.2, 0.25) is 5.02 Å². The summed E-state index contributed by atoms with van der Waals surface area (Å²) in [5.41, 5.74) is 1.17. The van der Waals surface area contributed by atoms with Crippen LogP contribution in [0.4, 0.5) is 0 Å². The molecule has 132 valence electrons. The molecule has 2 fully saturated rings. The zero-order valence-corrected chi connectivity index (χ0v) is 15.3. The maximum atomic E-state index is 12.8. The number of hydrogen-bond acceptors (Lipinski definition) is 3. The van der Waals surface area contributed by atoms with Gasteiger partial charge in [-0.15, -0.1) is 0 Å². The Labute approximate surface area is 149 Å². The zero-order valence-electron chi connectivity index (χ0n) is 14.6. The molecule has 2 saturated heterocycles. The fraction of sp³-hybridized carbons (Fsp3) is 0.632. The summed E-state index contributed by atoms with van der Waals surface area (Å²) in [5, 5.41) is 0.826. The number of carbonyl (C=O) groups excluding carboxylic acids is 1. The molecule has 2 unspecified atom stereocenters. The lowest BCUT2D eigenvalue weighted by atomic mass is 9.94. The molecule has 3 rings (SSSR count). The second-order valence-electron chi connectivity index (χ2n) is 7.14. The van der Waals surface area contributed by atoms with Crippen molar-refractivity contribution in [2.75, 3.05) is 26.2 Å². The standard InChI is InChI=1S/C19H27ClN2O2/c1-14-11-22(12-15(2)24-14)19(23)16-7-9-21(10-8-16)13-17-5-3-4-6-18(17)20/h3-6,14-16H,7-13H2,1-2H3. The first-order valence-corrected chi connectivity index (χ1v) is 9.30. The Balaban J connectivity index is 1.51. The quantitative estimate of drug-likeness (QED) is 0.839. The first-order chi connectivity index (χ1) is 11.5. The Morgan fingerprint density at radius 1 is 1.17 bits per heavy atom. The summed E-state index contributed by atoms with van der Waals surface area (Å²) in [4.78, 5) is 17.2. The number of rotatable bonds is 3. The van der Waals surface area contributed by atoms with E-state index in [1.165, 1.54) is 5.56 Å². The SMILES string of the molecule is CC1CN(C(=O)C2CCN(Cc3ccccc3Cl)CC2)CC(C)O1. The first kappa shape index (κ1) is 17.7. The molecule has 0 bridgehead atoms. The lowest BCUT2D eigenvalue weighted by molar-refractivity contribution is -0.148. The Morgan fingerprint density at radius 3 is 2.42 bits per heavy atom. The highest BCUT2D eigenvalue weighted by Crippen LogP contribution is 2.24. The van der Waals surface area contributed by atoms with Crippen molar-refractivity contribution in [1.82, 2.24) is 9.80 Å². The minimum atomic E-state index is 0.137. The van der Waals surface area contributed by atoms with Crippen LogP contribution in [-0.2, 0) is 16.1 Å². The van der Waals surface area contributed by atoms with Crippen molar-refractivity contribution >= 4 is 17.5 Å². The van der Waals surface area contributed by atoms with E-state index in [0.29, 0.717) is 5.91 Å². The average molecular weight is 351 g/mol. The van der Waals surface area contributed by atoms with Crippen LogP contribution in [0.25, 0.3) is 0 Å². The molecule has 1 aromatic rings. The molecule has 0 aliphatic carbocycles. The van der Waals surface area contributed by atoms with Crippen LogP contribution >= 0.6 is 11.6 Å².